The second-order valence-electron chi connectivity index (χ2n) is 3.29. The van der Waals surface area contributed by atoms with Gasteiger partial charge in [-0.3, -0.25) is 4.79 Å². The fraction of sp³-hybridized carbons (Fsp3) is 0.364. The molecule has 0 spiro atoms. The minimum atomic E-state index is -0.125. The van der Waals surface area contributed by atoms with E-state index in [0.29, 0.717) is 13.0 Å². The molecule has 2 heteroatoms. The van der Waals surface area contributed by atoms with Crippen molar-refractivity contribution < 1.29 is 9.53 Å². The molecule has 1 unspecified atom stereocenters. The number of ether oxygens (including phenoxy) is 1. The van der Waals surface area contributed by atoms with Crippen molar-refractivity contribution in [3.63, 3.8) is 0 Å². The first-order valence-electron chi connectivity index (χ1n) is 4.54. The van der Waals surface area contributed by atoms with Crippen LogP contribution in [0.15, 0.2) is 30.3 Å². The summed E-state index contributed by atoms with van der Waals surface area (Å²) in [7, 11) is 0. The van der Waals surface area contributed by atoms with E-state index in [0.717, 1.165) is 12.0 Å². The van der Waals surface area contributed by atoms with Gasteiger partial charge in [0.15, 0.2) is 5.78 Å². The van der Waals surface area contributed by atoms with Crippen LogP contribution in [0.2, 0.25) is 0 Å². The third-order valence-corrected chi connectivity index (χ3v) is 2.31. The Morgan fingerprint density at radius 1 is 1.31 bits per heavy atom. The largest absolute Gasteiger partial charge is 0.366 e. The summed E-state index contributed by atoms with van der Waals surface area (Å²) in [6.07, 6.45) is 1.46. The average Bonchev–Trinajstić information content (AvgIpc) is 2.17. The monoisotopic (exact) mass is 176 g/mol. The van der Waals surface area contributed by atoms with E-state index < -0.39 is 0 Å². The number of Topliss-reactive ketones (excluding diaryl/α,β-unsaturated/α-hetero) is 1. The Kier molecular flexibility index (Phi) is 2.41. The molecule has 2 rings (SSSR count). The Morgan fingerprint density at radius 2 is 2.08 bits per heavy atom. The van der Waals surface area contributed by atoms with Gasteiger partial charge in [-0.2, -0.15) is 0 Å². The maximum Gasteiger partial charge on any atom is 0.161 e. The Labute approximate surface area is 77.5 Å². The Balaban J connectivity index is 1.83. The number of hydrogen-bond acceptors (Lipinski definition) is 2. The van der Waals surface area contributed by atoms with Gasteiger partial charge >= 0.3 is 0 Å². The number of ketones is 1. The molecule has 0 amide bonds. The van der Waals surface area contributed by atoms with Gasteiger partial charge in [-0.05, 0) is 12.0 Å². The standard InChI is InChI=1S/C11H12O2/c12-10-6-7-11(10)13-8-9-4-2-1-3-5-9/h1-5,11H,6-8H2. The van der Waals surface area contributed by atoms with Crippen molar-refractivity contribution in [3.05, 3.63) is 35.9 Å². The number of carbonyl (C=O) groups is 1. The molecule has 0 aliphatic heterocycles. The van der Waals surface area contributed by atoms with E-state index in [9.17, 15) is 4.79 Å². The van der Waals surface area contributed by atoms with E-state index in [1.165, 1.54) is 0 Å². The summed E-state index contributed by atoms with van der Waals surface area (Å²) in [6, 6.07) is 9.92. The van der Waals surface area contributed by atoms with Gasteiger partial charge in [0, 0.05) is 6.42 Å². The zero-order chi connectivity index (χ0) is 9.10. The van der Waals surface area contributed by atoms with E-state index in [-0.39, 0.29) is 11.9 Å². The van der Waals surface area contributed by atoms with E-state index in [1.54, 1.807) is 0 Å². The maximum atomic E-state index is 10.9. The van der Waals surface area contributed by atoms with Gasteiger partial charge in [0.05, 0.1) is 6.61 Å². The van der Waals surface area contributed by atoms with Crippen molar-refractivity contribution in [2.24, 2.45) is 0 Å². The third-order valence-electron chi connectivity index (χ3n) is 2.31. The van der Waals surface area contributed by atoms with Crippen LogP contribution in [0.1, 0.15) is 18.4 Å². The first-order valence-corrected chi connectivity index (χ1v) is 4.54. The molecule has 0 saturated heterocycles. The minimum absolute atomic E-state index is 0.125. The summed E-state index contributed by atoms with van der Waals surface area (Å²) in [4.78, 5) is 10.9. The molecule has 2 nitrogen and oxygen atoms in total. The molecule has 0 radical (unpaired) electrons. The van der Waals surface area contributed by atoms with Crippen molar-refractivity contribution in [3.8, 4) is 0 Å². The van der Waals surface area contributed by atoms with Gasteiger partial charge in [-0.1, -0.05) is 30.3 Å². The number of rotatable bonds is 3. The smallest absolute Gasteiger partial charge is 0.161 e. The Bertz CT molecular complexity index is 292. The number of benzene rings is 1. The molecule has 1 aliphatic carbocycles. The summed E-state index contributed by atoms with van der Waals surface area (Å²) in [5, 5.41) is 0. The molecular formula is C11H12O2. The first-order chi connectivity index (χ1) is 6.36. The molecule has 0 bridgehead atoms. The highest BCUT2D eigenvalue weighted by molar-refractivity contribution is 5.88. The SMILES string of the molecule is O=C1CCC1OCc1ccccc1. The molecule has 0 aromatic heterocycles. The highest BCUT2D eigenvalue weighted by atomic mass is 16.5. The van der Waals surface area contributed by atoms with Crippen LogP contribution in [-0.2, 0) is 16.1 Å². The van der Waals surface area contributed by atoms with Crippen LogP contribution in [0.4, 0.5) is 0 Å². The quantitative estimate of drug-likeness (QED) is 0.703. The first kappa shape index (κ1) is 8.45. The van der Waals surface area contributed by atoms with Gasteiger partial charge in [-0.15, -0.1) is 0 Å². The second-order valence-corrected chi connectivity index (χ2v) is 3.29. The summed E-state index contributed by atoms with van der Waals surface area (Å²) < 4.78 is 5.43. The lowest BCUT2D eigenvalue weighted by Crippen LogP contribution is -2.33. The molecule has 1 aromatic carbocycles. The Hall–Kier alpha value is -1.15. The topological polar surface area (TPSA) is 26.3 Å². The lowest BCUT2D eigenvalue weighted by atomic mass is 9.94. The molecule has 0 heterocycles. The van der Waals surface area contributed by atoms with Crippen LogP contribution >= 0.6 is 0 Å². The second kappa shape index (κ2) is 3.71. The van der Waals surface area contributed by atoms with Gasteiger partial charge in [0.1, 0.15) is 6.10 Å². The van der Waals surface area contributed by atoms with Gasteiger partial charge in [0.25, 0.3) is 0 Å². The highest BCUT2D eigenvalue weighted by Crippen LogP contribution is 2.19. The molecule has 13 heavy (non-hydrogen) atoms. The van der Waals surface area contributed by atoms with Crippen LogP contribution in [-0.4, -0.2) is 11.9 Å². The van der Waals surface area contributed by atoms with E-state index in [1.807, 2.05) is 30.3 Å². The minimum Gasteiger partial charge on any atom is -0.366 e. The van der Waals surface area contributed by atoms with Crippen LogP contribution in [0, 0.1) is 0 Å². The number of hydrogen-bond donors (Lipinski definition) is 0. The average molecular weight is 176 g/mol. The van der Waals surface area contributed by atoms with Crippen molar-refractivity contribution >= 4 is 5.78 Å². The fourth-order valence-electron chi connectivity index (χ4n) is 1.33. The Morgan fingerprint density at radius 3 is 2.62 bits per heavy atom. The van der Waals surface area contributed by atoms with Crippen LogP contribution in [0.3, 0.4) is 0 Å². The van der Waals surface area contributed by atoms with Crippen LogP contribution in [0.25, 0.3) is 0 Å². The van der Waals surface area contributed by atoms with Gasteiger partial charge < -0.3 is 4.74 Å². The molecule has 0 N–H and O–H groups in total. The van der Waals surface area contributed by atoms with Crippen molar-refractivity contribution in [2.45, 2.75) is 25.6 Å². The lowest BCUT2D eigenvalue weighted by Gasteiger charge is -2.23. The maximum absolute atomic E-state index is 10.9. The predicted octanol–water partition coefficient (Wildman–Crippen LogP) is 1.93. The van der Waals surface area contributed by atoms with Crippen molar-refractivity contribution in [1.29, 1.82) is 0 Å². The van der Waals surface area contributed by atoms with Gasteiger partial charge in [-0.25, -0.2) is 0 Å². The fourth-order valence-corrected chi connectivity index (χ4v) is 1.33. The van der Waals surface area contributed by atoms with Gasteiger partial charge in [0.2, 0.25) is 0 Å². The van der Waals surface area contributed by atoms with E-state index in [4.69, 9.17) is 4.74 Å². The van der Waals surface area contributed by atoms with E-state index in [2.05, 4.69) is 0 Å². The number of carbonyl (C=O) groups excluding carboxylic acids is 1. The van der Waals surface area contributed by atoms with Crippen LogP contribution in [0.5, 0.6) is 0 Å². The zero-order valence-corrected chi connectivity index (χ0v) is 7.40. The normalized spacial score (nSPS) is 21.2. The zero-order valence-electron chi connectivity index (χ0n) is 7.40. The molecule has 1 atom stereocenters. The molecule has 1 saturated carbocycles. The molecule has 1 aromatic rings. The summed E-state index contributed by atoms with van der Waals surface area (Å²) in [6.45, 7) is 0.553. The summed E-state index contributed by atoms with van der Waals surface area (Å²) >= 11 is 0. The molecule has 68 valence electrons. The lowest BCUT2D eigenvalue weighted by molar-refractivity contribution is -0.141. The molecule has 1 aliphatic rings. The molecule has 1 fully saturated rings. The predicted molar refractivity (Wildman–Crippen MR) is 49.3 cm³/mol. The van der Waals surface area contributed by atoms with Crippen molar-refractivity contribution in [1.82, 2.24) is 0 Å². The highest BCUT2D eigenvalue weighted by Gasteiger charge is 2.28. The third kappa shape index (κ3) is 1.95. The van der Waals surface area contributed by atoms with Crippen molar-refractivity contribution in [2.75, 3.05) is 0 Å². The summed E-state index contributed by atoms with van der Waals surface area (Å²) in [5.41, 5.74) is 1.13. The van der Waals surface area contributed by atoms with Crippen LogP contribution < -0.4 is 0 Å². The molecular weight excluding hydrogens is 164 g/mol. The van der Waals surface area contributed by atoms with E-state index >= 15 is 0 Å². The summed E-state index contributed by atoms with van der Waals surface area (Å²) in [5.74, 6) is 0.246.